The molecule has 2 aromatic carbocycles. The van der Waals surface area contributed by atoms with Crippen LogP contribution in [0.3, 0.4) is 0 Å². The number of aliphatic hydroxyl groups excluding tert-OH is 1. The van der Waals surface area contributed by atoms with Gasteiger partial charge in [0.1, 0.15) is 5.75 Å². The van der Waals surface area contributed by atoms with E-state index in [9.17, 15) is 31.4 Å². The topological polar surface area (TPSA) is 55.5 Å². The third kappa shape index (κ3) is 8.52. The van der Waals surface area contributed by atoms with Crippen molar-refractivity contribution in [1.29, 1.82) is 0 Å². The molecule has 3 N–H and O–H groups in total. The number of benzene rings is 2. The molecule has 0 aliphatic heterocycles. The highest BCUT2D eigenvalue weighted by molar-refractivity contribution is 5.85. The number of hydrogen-bond acceptors (Lipinski definition) is 3. The largest absolute Gasteiger partial charge is 0.493 e. The second-order valence-corrected chi connectivity index (χ2v) is 7.79. The molecule has 0 aromatic heterocycles. The van der Waals surface area contributed by atoms with E-state index in [2.05, 4.69) is 0 Å². The van der Waals surface area contributed by atoms with E-state index in [1.54, 1.807) is 6.92 Å². The van der Waals surface area contributed by atoms with Crippen LogP contribution in [0.2, 0.25) is 0 Å². The summed E-state index contributed by atoms with van der Waals surface area (Å²) in [5.74, 6) is -0.304. The van der Waals surface area contributed by atoms with E-state index in [1.165, 1.54) is 24.3 Å². The highest BCUT2D eigenvalue weighted by atomic mass is 35.5. The number of hydrogen-bond donors (Lipinski definition) is 2. The highest BCUT2D eigenvalue weighted by Gasteiger charge is 2.35. The van der Waals surface area contributed by atoms with E-state index < -0.39 is 29.0 Å². The lowest BCUT2D eigenvalue weighted by molar-refractivity contribution is -0.139. The Labute approximate surface area is 189 Å². The van der Waals surface area contributed by atoms with Gasteiger partial charge in [-0.1, -0.05) is 18.2 Å². The number of ether oxygens (including phenoxy) is 1. The summed E-state index contributed by atoms with van der Waals surface area (Å²) < 4.78 is 83.4. The molecule has 0 radical (unpaired) electrons. The van der Waals surface area contributed by atoms with Crippen LogP contribution in [0.4, 0.5) is 26.3 Å². The monoisotopic (exact) mass is 485 g/mol. The highest BCUT2D eigenvalue weighted by Crippen LogP contribution is 2.37. The Morgan fingerprint density at radius 2 is 1.47 bits per heavy atom. The Bertz CT molecular complexity index is 851. The second-order valence-electron chi connectivity index (χ2n) is 7.79. The molecule has 0 bridgehead atoms. The van der Waals surface area contributed by atoms with Gasteiger partial charge in [-0.05, 0) is 68.0 Å². The lowest BCUT2D eigenvalue weighted by Crippen LogP contribution is -2.40. The van der Waals surface area contributed by atoms with E-state index in [0.717, 1.165) is 18.2 Å². The van der Waals surface area contributed by atoms with Gasteiger partial charge in [0.2, 0.25) is 0 Å². The van der Waals surface area contributed by atoms with Crippen molar-refractivity contribution < 1.29 is 36.2 Å². The van der Waals surface area contributed by atoms with E-state index in [-0.39, 0.29) is 37.8 Å². The first-order valence-electron chi connectivity index (χ1n) is 9.71. The molecule has 0 fully saturated rings. The van der Waals surface area contributed by atoms with Gasteiger partial charge in [-0.2, -0.15) is 26.3 Å². The van der Waals surface area contributed by atoms with Crippen molar-refractivity contribution in [3.05, 3.63) is 64.7 Å². The Morgan fingerprint density at radius 3 is 2.00 bits per heavy atom. The zero-order valence-electron chi connectivity index (χ0n) is 17.4. The molecule has 10 heteroatoms. The number of aryl methyl sites for hydroxylation is 2. The molecule has 0 aliphatic rings. The fraction of sp³-hybridized carbons (Fsp3) is 0.455. The van der Waals surface area contributed by atoms with Crippen LogP contribution in [-0.4, -0.2) is 23.9 Å². The average Bonchev–Trinajstić information content (AvgIpc) is 2.69. The summed E-state index contributed by atoms with van der Waals surface area (Å²) in [4.78, 5) is 0. The Balaban J connectivity index is 0.00000512. The van der Waals surface area contributed by atoms with Crippen LogP contribution in [0.15, 0.2) is 42.5 Å². The summed E-state index contributed by atoms with van der Waals surface area (Å²) in [7, 11) is 0. The van der Waals surface area contributed by atoms with Crippen LogP contribution in [0.25, 0.3) is 0 Å². The molecule has 0 heterocycles. The molecule has 180 valence electrons. The molecule has 1 atom stereocenters. The van der Waals surface area contributed by atoms with Gasteiger partial charge in [0, 0.05) is 5.54 Å². The van der Waals surface area contributed by atoms with Crippen LogP contribution >= 0.6 is 12.4 Å². The molecule has 0 spiro atoms. The van der Waals surface area contributed by atoms with Crippen LogP contribution < -0.4 is 10.5 Å². The van der Waals surface area contributed by atoms with Crippen molar-refractivity contribution in [3.63, 3.8) is 0 Å². The Morgan fingerprint density at radius 1 is 0.875 bits per heavy atom. The number of aliphatic hydroxyl groups is 1. The first kappa shape index (κ1) is 28.1. The summed E-state index contributed by atoms with van der Waals surface area (Å²) in [5, 5.41) is 9.18. The molecule has 1 unspecified atom stereocenters. The number of alkyl halides is 6. The van der Waals surface area contributed by atoms with Crippen LogP contribution in [0.5, 0.6) is 5.75 Å². The maximum Gasteiger partial charge on any atom is 0.419 e. The normalized spacial score (nSPS) is 13.9. The third-order valence-electron chi connectivity index (χ3n) is 4.84. The van der Waals surface area contributed by atoms with E-state index in [4.69, 9.17) is 10.5 Å². The average molecular weight is 486 g/mol. The molecule has 0 saturated carbocycles. The van der Waals surface area contributed by atoms with Gasteiger partial charge in [-0.15, -0.1) is 12.4 Å². The van der Waals surface area contributed by atoms with Crippen LogP contribution in [0.1, 0.15) is 42.0 Å². The van der Waals surface area contributed by atoms with Crippen molar-refractivity contribution in [2.45, 2.75) is 50.5 Å². The Hall–Kier alpha value is -1.97. The molecule has 2 aromatic rings. The van der Waals surface area contributed by atoms with Gasteiger partial charge < -0.3 is 15.6 Å². The smallest absolute Gasteiger partial charge is 0.419 e. The van der Waals surface area contributed by atoms with Gasteiger partial charge >= 0.3 is 12.4 Å². The molecule has 32 heavy (non-hydrogen) atoms. The molecule has 0 aliphatic carbocycles. The molecular formula is C22H26ClF6NO2. The number of halogens is 7. The lowest BCUT2D eigenvalue weighted by Gasteiger charge is -2.22. The van der Waals surface area contributed by atoms with Crippen molar-refractivity contribution >= 4 is 12.4 Å². The summed E-state index contributed by atoms with van der Waals surface area (Å²) in [6.07, 6.45) is -7.73. The molecule has 2 rings (SSSR count). The molecule has 0 saturated heterocycles. The van der Waals surface area contributed by atoms with Crippen molar-refractivity contribution in [1.82, 2.24) is 0 Å². The molecule has 3 nitrogen and oxygen atoms in total. The van der Waals surface area contributed by atoms with Crippen LogP contribution in [-0.2, 0) is 25.2 Å². The summed E-state index contributed by atoms with van der Waals surface area (Å²) in [6.45, 7) is 1.32. The fourth-order valence-electron chi connectivity index (χ4n) is 2.91. The number of rotatable bonds is 9. The van der Waals surface area contributed by atoms with Crippen molar-refractivity contribution in [2.75, 3.05) is 13.2 Å². The molecular weight excluding hydrogens is 460 g/mol. The first-order chi connectivity index (χ1) is 14.3. The number of nitrogens with two attached hydrogens (primary N) is 1. The fourth-order valence-corrected chi connectivity index (χ4v) is 2.91. The van der Waals surface area contributed by atoms with Gasteiger partial charge in [0.25, 0.3) is 0 Å². The minimum absolute atomic E-state index is 0. The second kappa shape index (κ2) is 11.2. The van der Waals surface area contributed by atoms with Gasteiger partial charge in [0.05, 0.1) is 24.3 Å². The molecule has 0 amide bonds. The summed E-state index contributed by atoms with van der Waals surface area (Å²) in [5.41, 5.74) is 4.35. The predicted molar refractivity (Wildman–Crippen MR) is 112 cm³/mol. The van der Waals surface area contributed by atoms with Crippen molar-refractivity contribution in [3.8, 4) is 5.75 Å². The van der Waals surface area contributed by atoms with Gasteiger partial charge in [-0.25, -0.2) is 0 Å². The zero-order valence-corrected chi connectivity index (χ0v) is 18.2. The summed E-state index contributed by atoms with van der Waals surface area (Å²) in [6, 6.07) is 8.42. The predicted octanol–water partition coefficient (Wildman–Crippen LogP) is 5.80. The SMILES string of the molecule is CC(N)(CO)CCc1ccc(OCCCc2ccc(C(F)(F)F)cc2)c(C(F)(F)F)c1.Cl. The lowest BCUT2D eigenvalue weighted by atomic mass is 9.94. The zero-order chi connectivity index (χ0) is 23.3. The maximum absolute atomic E-state index is 13.4. The van der Waals surface area contributed by atoms with Crippen LogP contribution in [0, 0.1) is 0 Å². The maximum atomic E-state index is 13.4. The standard InChI is InChI=1S/C22H25F6NO2.ClH/c1-20(29,14-30)11-10-16-6-9-19(18(13-16)22(26,27)28)31-12-2-3-15-4-7-17(8-5-15)21(23,24)25;/h4-9,13,30H,2-3,10-12,14,29H2,1H3;1H. The van der Waals surface area contributed by atoms with E-state index in [0.29, 0.717) is 30.4 Å². The summed E-state index contributed by atoms with van der Waals surface area (Å²) >= 11 is 0. The third-order valence-corrected chi connectivity index (χ3v) is 4.84. The van der Waals surface area contributed by atoms with Gasteiger partial charge in [0.15, 0.2) is 0 Å². The minimum atomic E-state index is -4.61. The quantitative estimate of drug-likeness (QED) is 0.348. The first-order valence-corrected chi connectivity index (χ1v) is 9.71. The van der Waals surface area contributed by atoms with Crippen molar-refractivity contribution in [2.24, 2.45) is 5.73 Å². The minimum Gasteiger partial charge on any atom is -0.493 e. The van der Waals surface area contributed by atoms with E-state index >= 15 is 0 Å². The van der Waals surface area contributed by atoms with Gasteiger partial charge in [-0.3, -0.25) is 0 Å². The van der Waals surface area contributed by atoms with E-state index in [1.807, 2.05) is 0 Å². The Kier molecular flexibility index (Phi) is 9.86.